The van der Waals surface area contributed by atoms with Crippen LogP contribution in [0.2, 0.25) is 0 Å². The lowest BCUT2D eigenvalue weighted by Crippen LogP contribution is -2.39. The molecule has 3 heterocycles. The molecule has 174 valence electrons. The van der Waals surface area contributed by atoms with Crippen molar-refractivity contribution in [3.63, 3.8) is 0 Å². The van der Waals surface area contributed by atoms with Crippen LogP contribution in [0.5, 0.6) is 11.6 Å². The summed E-state index contributed by atoms with van der Waals surface area (Å²) in [5, 5.41) is 12.8. The molecule has 3 aromatic rings. The second-order valence-electron chi connectivity index (χ2n) is 9.33. The number of hydrogen-bond donors (Lipinski definition) is 1. The van der Waals surface area contributed by atoms with E-state index in [1.54, 1.807) is 0 Å². The van der Waals surface area contributed by atoms with E-state index in [-0.39, 0.29) is 0 Å². The van der Waals surface area contributed by atoms with Crippen molar-refractivity contribution in [2.75, 3.05) is 18.4 Å². The highest BCUT2D eigenvalue weighted by atomic mass is 16.5. The number of pyridine rings is 1. The molecule has 1 aliphatic carbocycles. The molecule has 7 nitrogen and oxygen atoms in total. The van der Waals surface area contributed by atoms with Gasteiger partial charge in [-0.25, -0.2) is 4.98 Å². The number of piperidine rings is 1. The van der Waals surface area contributed by atoms with Gasteiger partial charge in [0.25, 0.3) is 0 Å². The first-order valence-corrected chi connectivity index (χ1v) is 12.1. The molecule has 0 atom stereocenters. The summed E-state index contributed by atoms with van der Waals surface area (Å²) in [6, 6.07) is 10.5. The van der Waals surface area contributed by atoms with Crippen LogP contribution in [-0.2, 0) is 19.4 Å². The normalized spacial score (nSPS) is 16.1. The zero-order chi connectivity index (χ0) is 23.5. The van der Waals surface area contributed by atoms with E-state index >= 15 is 0 Å². The van der Waals surface area contributed by atoms with Crippen molar-refractivity contribution in [1.82, 2.24) is 19.9 Å². The van der Waals surface area contributed by atoms with Crippen molar-refractivity contribution in [2.24, 2.45) is 0 Å². The number of benzene rings is 1. The molecule has 7 heteroatoms. The summed E-state index contributed by atoms with van der Waals surface area (Å²) < 4.78 is 6.38. The van der Waals surface area contributed by atoms with Crippen LogP contribution in [-0.4, -0.2) is 39.0 Å². The molecule has 1 aliphatic heterocycles. The summed E-state index contributed by atoms with van der Waals surface area (Å²) >= 11 is 0. The zero-order valence-corrected chi connectivity index (χ0v) is 19.8. The molecule has 0 saturated carbocycles. The Hall–Kier alpha value is -3.50. The van der Waals surface area contributed by atoms with Gasteiger partial charge in [-0.2, -0.15) is 10.2 Å². The van der Waals surface area contributed by atoms with Crippen LogP contribution in [0.15, 0.2) is 36.7 Å². The molecule has 0 unspecified atom stereocenters. The molecular formula is C27H30N6O. The number of aromatic nitrogens is 3. The van der Waals surface area contributed by atoms with Crippen molar-refractivity contribution >= 4 is 5.95 Å². The Morgan fingerprint density at radius 2 is 1.82 bits per heavy atom. The maximum Gasteiger partial charge on any atom is 0.227 e. The minimum absolute atomic E-state index is 0.347. The Morgan fingerprint density at radius 1 is 1.09 bits per heavy atom. The molecule has 1 N–H and O–H groups in total. The lowest BCUT2D eigenvalue weighted by molar-refractivity contribution is 0.211. The molecule has 34 heavy (non-hydrogen) atoms. The first-order chi connectivity index (χ1) is 16.6. The van der Waals surface area contributed by atoms with E-state index in [0.29, 0.717) is 23.4 Å². The molecule has 1 aromatic carbocycles. The number of nitriles is 1. The molecule has 0 radical (unpaired) electrons. The van der Waals surface area contributed by atoms with Gasteiger partial charge in [-0.15, -0.1) is 0 Å². The van der Waals surface area contributed by atoms with Gasteiger partial charge < -0.3 is 10.1 Å². The number of aryl methyl sites for hydroxylation is 3. The van der Waals surface area contributed by atoms with Crippen LogP contribution in [0.25, 0.3) is 0 Å². The van der Waals surface area contributed by atoms with Gasteiger partial charge in [-0.1, -0.05) is 0 Å². The van der Waals surface area contributed by atoms with E-state index in [9.17, 15) is 5.26 Å². The summed E-state index contributed by atoms with van der Waals surface area (Å²) in [5.74, 6) is 2.09. The Morgan fingerprint density at radius 3 is 2.53 bits per heavy atom. The maximum atomic E-state index is 9.25. The molecule has 0 spiro atoms. The Bertz CT molecular complexity index is 1190. The highest BCUT2D eigenvalue weighted by Crippen LogP contribution is 2.35. The first kappa shape index (κ1) is 22.3. The van der Waals surface area contributed by atoms with Crippen molar-refractivity contribution in [2.45, 2.75) is 58.5 Å². The predicted octanol–water partition coefficient (Wildman–Crippen LogP) is 4.72. The van der Waals surface area contributed by atoms with E-state index in [1.165, 1.54) is 5.56 Å². The summed E-state index contributed by atoms with van der Waals surface area (Å²) in [6.45, 7) is 6.99. The first-order valence-electron chi connectivity index (χ1n) is 12.1. The fourth-order valence-corrected chi connectivity index (χ4v) is 4.98. The topological polar surface area (TPSA) is 87.0 Å². The van der Waals surface area contributed by atoms with Gasteiger partial charge in [0.15, 0.2) is 0 Å². The van der Waals surface area contributed by atoms with Gasteiger partial charge in [0.2, 0.25) is 11.8 Å². The van der Waals surface area contributed by atoms with E-state index in [0.717, 1.165) is 79.9 Å². The number of nitrogens with zero attached hydrogens (tertiary/aromatic N) is 5. The molecule has 0 amide bonds. The largest absolute Gasteiger partial charge is 0.438 e. The Labute approximate surface area is 200 Å². The van der Waals surface area contributed by atoms with E-state index in [1.807, 2.05) is 38.4 Å². The molecule has 1 fully saturated rings. The van der Waals surface area contributed by atoms with E-state index in [4.69, 9.17) is 14.7 Å². The van der Waals surface area contributed by atoms with Crippen molar-refractivity contribution in [3.8, 4) is 17.7 Å². The summed E-state index contributed by atoms with van der Waals surface area (Å²) in [7, 11) is 0. The number of hydrogen-bond acceptors (Lipinski definition) is 7. The van der Waals surface area contributed by atoms with E-state index < -0.39 is 0 Å². The number of likely N-dealkylation sites (tertiary alicyclic amines) is 1. The monoisotopic (exact) mass is 454 g/mol. The third-order valence-electron chi connectivity index (χ3n) is 6.76. The number of anilines is 1. The van der Waals surface area contributed by atoms with Gasteiger partial charge in [-0.3, -0.25) is 9.88 Å². The summed E-state index contributed by atoms with van der Waals surface area (Å²) in [6.07, 6.45) is 8.78. The highest BCUT2D eigenvalue weighted by molar-refractivity contribution is 5.50. The summed E-state index contributed by atoms with van der Waals surface area (Å²) in [4.78, 5) is 16.3. The number of rotatable bonds is 6. The molecule has 0 bridgehead atoms. The van der Waals surface area contributed by atoms with Crippen molar-refractivity contribution < 1.29 is 4.74 Å². The Balaban J connectivity index is 1.29. The third-order valence-corrected chi connectivity index (χ3v) is 6.76. The Kier molecular flexibility index (Phi) is 6.41. The fourth-order valence-electron chi connectivity index (χ4n) is 4.98. The quantitative estimate of drug-likeness (QED) is 0.577. The number of nitrogens with one attached hydrogen (secondary N) is 1. The molecule has 1 saturated heterocycles. The predicted molar refractivity (Wildman–Crippen MR) is 131 cm³/mol. The van der Waals surface area contributed by atoms with Crippen molar-refractivity contribution in [3.05, 3.63) is 70.2 Å². The second-order valence-corrected chi connectivity index (χ2v) is 9.33. The molecular weight excluding hydrogens is 424 g/mol. The standard InChI is InChI=1S/C27H30N6O/c1-18-14-21(16-28)15-19(2)25(18)34-26-23-4-3-5-24(23)31-27(32-26)30-22-8-12-33(13-9-22)17-20-6-10-29-11-7-20/h6-7,10-11,14-15,22H,3-5,8-9,12-13,17H2,1-2H3,(H,30,31,32). The van der Waals surface area contributed by atoms with Crippen molar-refractivity contribution in [1.29, 1.82) is 5.26 Å². The van der Waals surface area contributed by atoms with Gasteiger partial charge in [-0.05, 0) is 86.9 Å². The van der Waals surface area contributed by atoms with Gasteiger partial charge in [0.1, 0.15) is 5.75 Å². The fraction of sp³-hybridized carbons (Fsp3) is 0.407. The SMILES string of the molecule is Cc1cc(C#N)cc(C)c1Oc1nc(NC2CCN(Cc3ccncc3)CC2)nc2c1CCC2. The van der Waals surface area contributed by atoms with Crippen LogP contribution < -0.4 is 10.1 Å². The highest BCUT2D eigenvalue weighted by Gasteiger charge is 2.24. The lowest BCUT2D eigenvalue weighted by atomic mass is 10.0. The lowest BCUT2D eigenvalue weighted by Gasteiger charge is -2.32. The smallest absolute Gasteiger partial charge is 0.227 e. The minimum atomic E-state index is 0.347. The van der Waals surface area contributed by atoms with Gasteiger partial charge >= 0.3 is 0 Å². The number of fused-ring (bicyclic) bond motifs is 1. The molecule has 2 aromatic heterocycles. The minimum Gasteiger partial charge on any atom is -0.438 e. The van der Waals surface area contributed by atoms with E-state index in [2.05, 4.69) is 33.4 Å². The van der Waals surface area contributed by atoms with Gasteiger partial charge in [0, 0.05) is 43.6 Å². The number of ether oxygens (including phenoxy) is 1. The van der Waals surface area contributed by atoms with Crippen LogP contribution in [0.3, 0.4) is 0 Å². The van der Waals surface area contributed by atoms with Crippen LogP contribution >= 0.6 is 0 Å². The second kappa shape index (κ2) is 9.78. The summed E-state index contributed by atoms with van der Waals surface area (Å²) in [5.41, 5.74) is 6.04. The van der Waals surface area contributed by atoms with Crippen LogP contribution in [0.1, 0.15) is 52.8 Å². The molecule has 2 aliphatic rings. The van der Waals surface area contributed by atoms with Gasteiger partial charge in [0.05, 0.1) is 17.3 Å². The molecule has 5 rings (SSSR count). The zero-order valence-electron chi connectivity index (χ0n) is 19.8. The van der Waals surface area contributed by atoms with Crippen LogP contribution in [0, 0.1) is 25.2 Å². The third kappa shape index (κ3) is 4.87. The average molecular weight is 455 g/mol. The van der Waals surface area contributed by atoms with Crippen LogP contribution in [0.4, 0.5) is 5.95 Å². The average Bonchev–Trinajstić information content (AvgIpc) is 3.32. The maximum absolute atomic E-state index is 9.25.